The highest BCUT2D eigenvalue weighted by atomic mass is 32.1. The summed E-state index contributed by atoms with van der Waals surface area (Å²) < 4.78 is 5.23. The number of amides is 1. The van der Waals surface area contributed by atoms with Crippen molar-refractivity contribution in [2.45, 2.75) is 13.1 Å². The molecule has 0 spiro atoms. The molecule has 134 valence electrons. The van der Waals surface area contributed by atoms with Crippen LogP contribution in [0.1, 0.15) is 10.4 Å². The molecule has 0 saturated heterocycles. The fourth-order valence-corrected chi connectivity index (χ4v) is 3.37. The van der Waals surface area contributed by atoms with Gasteiger partial charge in [0.05, 0.1) is 20.2 Å². The summed E-state index contributed by atoms with van der Waals surface area (Å²) in [5.74, 6) is 0.805. The van der Waals surface area contributed by atoms with Gasteiger partial charge in [-0.2, -0.15) is 0 Å². The van der Waals surface area contributed by atoms with E-state index in [-0.39, 0.29) is 5.91 Å². The van der Waals surface area contributed by atoms with Gasteiger partial charge < -0.3 is 15.0 Å². The molecule has 1 amide bonds. The van der Waals surface area contributed by atoms with Gasteiger partial charge in [0.2, 0.25) is 5.91 Å². The zero-order valence-electron chi connectivity index (χ0n) is 14.7. The monoisotopic (exact) mass is 366 g/mol. The molecule has 5 heteroatoms. The van der Waals surface area contributed by atoms with Crippen molar-refractivity contribution in [2.75, 3.05) is 18.6 Å². The van der Waals surface area contributed by atoms with Crippen LogP contribution in [0.3, 0.4) is 0 Å². The first-order valence-corrected chi connectivity index (χ1v) is 9.34. The van der Waals surface area contributed by atoms with Crippen molar-refractivity contribution in [1.29, 1.82) is 0 Å². The molecule has 4 nitrogen and oxygen atoms in total. The van der Waals surface area contributed by atoms with Crippen LogP contribution in [0.4, 0.5) is 5.69 Å². The third kappa shape index (κ3) is 5.10. The van der Waals surface area contributed by atoms with Crippen LogP contribution >= 0.6 is 11.3 Å². The van der Waals surface area contributed by atoms with E-state index in [1.165, 1.54) is 4.88 Å². The van der Waals surface area contributed by atoms with E-state index in [1.807, 2.05) is 60.7 Å². The van der Waals surface area contributed by atoms with Crippen molar-refractivity contribution >= 4 is 22.9 Å². The molecule has 0 radical (unpaired) electrons. The zero-order chi connectivity index (χ0) is 18.2. The summed E-state index contributed by atoms with van der Waals surface area (Å²) in [6.45, 7) is 1.54. The van der Waals surface area contributed by atoms with E-state index in [9.17, 15) is 4.79 Å². The van der Waals surface area contributed by atoms with Gasteiger partial charge in [0.15, 0.2) is 0 Å². The minimum absolute atomic E-state index is 0.00114. The average Bonchev–Trinajstić information content (AvgIpc) is 3.20. The van der Waals surface area contributed by atoms with Crippen LogP contribution in [0.15, 0.2) is 72.1 Å². The quantitative estimate of drug-likeness (QED) is 0.653. The maximum Gasteiger partial charge on any atom is 0.239 e. The van der Waals surface area contributed by atoms with E-state index < -0.39 is 0 Å². The Hall–Kier alpha value is -2.79. The first-order chi connectivity index (χ1) is 12.7. The largest absolute Gasteiger partial charge is 0.497 e. The van der Waals surface area contributed by atoms with Crippen LogP contribution in [0.25, 0.3) is 0 Å². The fourth-order valence-electron chi connectivity index (χ4n) is 2.65. The number of methoxy groups -OCH3 is 1. The van der Waals surface area contributed by atoms with E-state index in [4.69, 9.17) is 4.74 Å². The summed E-state index contributed by atoms with van der Waals surface area (Å²) in [5, 5.41) is 5.05. The van der Waals surface area contributed by atoms with Crippen molar-refractivity contribution in [2.24, 2.45) is 0 Å². The molecular weight excluding hydrogens is 344 g/mol. The highest BCUT2D eigenvalue weighted by molar-refractivity contribution is 7.09. The molecule has 1 aromatic heterocycles. The number of thiophene rings is 1. The average molecular weight is 366 g/mol. The Labute approximate surface area is 158 Å². The molecule has 1 heterocycles. The molecule has 2 aromatic carbocycles. The van der Waals surface area contributed by atoms with Crippen LogP contribution in [-0.4, -0.2) is 19.6 Å². The number of rotatable bonds is 8. The lowest BCUT2D eigenvalue weighted by atomic mass is 10.2. The number of carbonyl (C=O) groups excluding carboxylic acids is 1. The number of ether oxygens (including phenoxy) is 1. The maximum absolute atomic E-state index is 12.5. The van der Waals surface area contributed by atoms with Crippen molar-refractivity contribution in [3.05, 3.63) is 82.6 Å². The first-order valence-electron chi connectivity index (χ1n) is 8.46. The fraction of sp³-hybridized carbons (Fsp3) is 0.190. The lowest BCUT2D eigenvalue weighted by molar-refractivity contribution is -0.119. The lowest BCUT2D eigenvalue weighted by Crippen LogP contribution is -2.36. The standard InChI is InChI=1S/C21H22N2O2S/c1-25-19-11-9-18(10-12-19)23(15-20-8-5-13-26-20)16-21(24)22-14-17-6-3-2-4-7-17/h2-13H,14-16H2,1H3,(H,22,24). The molecule has 0 atom stereocenters. The molecule has 0 aliphatic heterocycles. The summed E-state index contributed by atoms with van der Waals surface area (Å²) >= 11 is 1.69. The number of carbonyl (C=O) groups is 1. The number of nitrogens with one attached hydrogen (secondary N) is 1. The smallest absolute Gasteiger partial charge is 0.239 e. The Morgan fingerprint density at radius 3 is 2.46 bits per heavy atom. The second-order valence-electron chi connectivity index (χ2n) is 5.90. The van der Waals surface area contributed by atoms with Gasteiger partial charge in [0, 0.05) is 17.1 Å². The van der Waals surface area contributed by atoms with Crippen LogP contribution < -0.4 is 15.0 Å². The Kier molecular flexibility index (Phi) is 6.28. The molecule has 3 aromatic rings. The van der Waals surface area contributed by atoms with E-state index in [2.05, 4.69) is 21.7 Å². The summed E-state index contributed by atoms with van der Waals surface area (Å²) in [6, 6.07) is 21.8. The van der Waals surface area contributed by atoms with Gasteiger partial charge >= 0.3 is 0 Å². The normalized spacial score (nSPS) is 10.3. The molecule has 0 unspecified atom stereocenters. The molecule has 1 N–H and O–H groups in total. The Balaban J connectivity index is 1.67. The summed E-state index contributed by atoms with van der Waals surface area (Å²) in [5.41, 5.74) is 2.09. The lowest BCUT2D eigenvalue weighted by Gasteiger charge is -2.24. The SMILES string of the molecule is COc1ccc(N(CC(=O)NCc2ccccc2)Cc2cccs2)cc1. The van der Waals surface area contributed by atoms with Crippen LogP contribution in [0.5, 0.6) is 5.75 Å². The molecule has 0 saturated carbocycles. The van der Waals surface area contributed by atoms with E-state index in [0.717, 1.165) is 17.0 Å². The number of benzene rings is 2. The third-order valence-electron chi connectivity index (χ3n) is 4.03. The zero-order valence-corrected chi connectivity index (χ0v) is 15.5. The number of hydrogen-bond donors (Lipinski definition) is 1. The van der Waals surface area contributed by atoms with Crippen molar-refractivity contribution in [1.82, 2.24) is 5.32 Å². The minimum Gasteiger partial charge on any atom is -0.497 e. The van der Waals surface area contributed by atoms with Crippen LogP contribution in [0.2, 0.25) is 0 Å². The van der Waals surface area contributed by atoms with E-state index in [1.54, 1.807) is 18.4 Å². The molecule has 0 bridgehead atoms. The highest BCUT2D eigenvalue weighted by Crippen LogP contribution is 2.22. The molecule has 26 heavy (non-hydrogen) atoms. The summed E-state index contributed by atoms with van der Waals surface area (Å²) in [7, 11) is 1.65. The predicted octanol–water partition coefficient (Wildman–Crippen LogP) is 4.08. The van der Waals surface area contributed by atoms with Crippen molar-refractivity contribution in [3.8, 4) is 5.75 Å². The van der Waals surface area contributed by atoms with Crippen LogP contribution in [0, 0.1) is 0 Å². The Morgan fingerprint density at radius 2 is 1.81 bits per heavy atom. The Bertz CT molecular complexity index is 802. The predicted molar refractivity (Wildman–Crippen MR) is 107 cm³/mol. The maximum atomic E-state index is 12.5. The molecule has 3 rings (SSSR count). The number of nitrogens with zero attached hydrogens (tertiary/aromatic N) is 1. The molecule has 0 aliphatic rings. The van der Waals surface area contributed by atoms with Gasteiger partial charge in [0.25, 0.3) is 0 Å². The third-order valence-corrected chi connectivity index (χ3v) is 4.89. The van der Waals surface area contributed by atoms with Crippen molar-refractivity contribution < 1.29 is 9.53 Å². The van der Waals surface area contributed by atoms with Gasteiger partial charge in [-0.05, 0) is 41.3 Å². The van der Waals surface area contributed by atoms with Crippen molar-refractivity contribution in [3.63, 3.8) is 0 Å². The molecule has 0 fully saturated rings. The van der Waals surface area contributed by atoms with Gasteiger partial charge in [0.1, 0.15) is 5.75 Å². The first kappa shape index (κ1) is 18.0. The number of anilines is 1. The van der Waals surface area contributed by atoms with Gasteiger partial charge in [-0.3, -0.25) is 4.79 Å². The van der Waals surface area contributed by atoms with Crippen LogP contribution in [-0.2, 0) is 17.9 Å². The topological polar surface area (TPSA) is 41.6 Å². The second-order valence-corrected chi connectivity index (χ2v) is 6.93. The molecule has 0 aliphatic carbocycles. The van der Waals surface area contributed by atoms with Gasteiger partial charge in [-0.15, -0.1) is 11.3 Å². The highest BCUT2D eigenvalue weighted by Gasteiger charge is 2.13. The number of hydrogen-bond acceptors (Lipinski definition) is 4. The van der Waals surface area contributed by atoms with E-state index >= 15 is 0 Å². The minimum atomic E-state index is 0.00114. The van der Waals surface area contributed by atoms with Gasteiger partial charge in [-0.25, -0.2) is 0 Å². The Morgan fingerprint density at radius 1 is 1.04 bits per heavy atom. The summed E-state index contributed by atoms with van der Waals surface area (Å²) in [6.07, 6.45) is 0. The molecular formula is C21H22N2O2S. The van der Waals surface area contributed by atoms with E-state index in [0.29, 0.717) is 19.6 Å². The second kappa shape index (κ2) is 9.06. The van der Waals surface area contributed by atoms with Gasteiger partial charge in [-0.1, -0.05) is 36.4 Å². The summed E-state index contributed by atoms with van der Waals surface area (Å²) in [4.78, 5) is 15.8.